The van der Waals surface area contributed by atoms with Gasteiger partial charge in [-0.05, 0) is 12.8 Å². The Morgan fingerprint density at radius 2 is 1.50 bits per heavy atom. The van der Waals surface area contributed by atoms with Crippen LogP contribution >= 0.6 is 0 Å². The summed E-state index contributed by atoms with van der Waals surface area (Å²) in [5.74, 6) is -0.108. The molecule has 1 rings (SSSR count). The molecule has 0 spiro atoms. The van der Waals surface area contributed by atoms with Gasteiger partial charge in [-0.15, -0.1) is 0 Å². The number of rotatable bonds is 6. The third-order valence-electron chi connectivity index (χ3n) is 2.08. The molecule has 0 aromatic carbocycles. The zero-order chi connectivity index (χ0) is 17.6. The molecule has 0 radical (unpaired) electrons. The van der Waals surface area contributed by atoms with Gasteiger partial charge in [0, 0.05) is 18.9 Å². The number of hydrogen-bond acceptors (Lipinski definition) is 5. The van der Waals surface area contributed by atoms with Crippen molar-refractivity contribution in [3.63, 3.8) is 0 Å². The van der Waals surface area contributed by atoms with Gasteiger partial charge in [-0.3, -0.25) is 13.7 Å². The predicted molar refractivity (Wildman–Crippen MR) is 82.6 cm³/mol. The third kappa shape index (κ3) is 27.4. The van der Waals surface area contributed by atoms with E-state index >= 15 is 0 Å². The zero-order valence-corrected chi connectivity index (χ0v) is 14.3. The molecule has 0 saturated carbocycles. The fourth-order valence-electron chi connectivity index (χ4n) is 1.09. The van der Waals surface area contributed by atoms with Crippen LogP contribution in [0.25, 0.3) is 0 Å². The van der Waals surface area contributed by atoms with Gasteiger partial charge in [-0.25, -0.2) is 4.98 Å². The number of aromatic nitrogens is 2. The molecule has 0 aliphatic rings. The zero-order valence-electron chi connectivity index (χ0n) is 12.7. The van der Waals surface area contributed by atoms with E-state index < -0.39 is 20.5 Å². The van der Waals surface area contributed by atoms with Gasteiger partial charge < -0.3 is 4.57 Å². The Balaban J connectivity index is 0. The van der Waals surface area contributed by atoms with Gasteiger partial charge in [-0.1, -0.05) is 26.7 Å². The predicted octanol–water partition coefficient (Wildman–Crippen LogP) is 1.70. The van der Waals surface area contributed by atoms with Gasteiger partial charge in [0.1, 0.15) is 0 Å². The lowest BCUT2D eigenvalue weighted by atomic mass is 10.3. The highest BCUT2D eigenvalue weighted by Gasteiger charge is 2.00. The highest BCUT2D eigenvalue weighted by atomic mass is 32.3. The molecule has 132 valence electrons. The van der Waals surface area contributed by atoms with Crippen LogP contribution in [0.4, 0.5) is 0 Å². The molecule has 9 nitrogen and oxygen atoms in total. The maximum atomic E-state index is 9.95. The van der Waals surface area contributed by atoms with Crippen molar-refractivity contribution in [3.8, 4) is 0 Å². The SMILES string of the molecule is CCCCS(=O)(=O)O.CCCCn1ccnc1.O=S(=O)(O)O. The molecule has 22 heavy (non-hydrogen) atoms. The lowest BCUT2D eigenvalue weighted by Crippen LogP contribution is -2.02. The lowest BCUT2D eigenvalue weighted by Gasteiger charge is -1.96. The van der Waals surface area contributed by atoms with Crippen LogP contribution in [0.3, 0.4) is 0 Å². The maximum Gasteiger partial charge on any atom is 0.394 e. The Labute approximate surface area is 131 Å². The van der Waals surface area contributed by atoms with Crippen molar-refractivity contribution in [2.45, 2.75) is 46.1 Å². The van der Waals surface area contributed by atoms with Crippen LogP contribution in [-0.4, -0.2) is 45.8 Å². The Kier molecular flexibility index (Phi) is 13.2. The number of aryl methyl sites for hydroxylation is 1. The first-order valence-corrected chi connectivity index (χ1v) is 9.61. The molecule has 1 aromatic heterocycles. The van der Waals surface area contributed by atoms with Crippen molar-refractivity contribution >= 4 is 20.5 Å². The van der Waals surface area contributed by atoms with Gasteiger partial charge in [0.25, 0.3) is 10.1 Å². The second-order valence-corrected chi connectivity index (χ2v) is 6.71. The van der Waals surface area contributed by atoms with Crippen LogP contribution in [0.15, 0.2) is 18.7 Å². The van der Waals surface area contributed by atoms with Crippen LogP contribution in [-0.2, 0) is 27.1 Å². The molecule has 0 aliphatic heterocycles. The molecule has 0 aliphatic carbocycles. The summed E-state index contributed by atoms with van der Waals surface area (Å²) in [6.45, 7) is 5.17. The number of hydrogen-bond donors (Lipinski definition) is 3. The molecular formula is C11H24N2O7S2. The summed E-state index contributed by atoms with van der Waals surface area (Å²) in [5.41, 5.74) is 0. The van der Waals surface area contributed by atoms with E-state index in [1.807, 2.05) is 25.6 Å². The first-order valence-electron chi connectivity index (χ1n) is 6.60. The van der Waals surface area contributed by atoms with Gasteiger partial charge >= 0.3 is 10.4 Å². The molecule has 0 atom stereocenters. The van der Waals surface area contributed by atoms with E-state index in [0.29, 0.717) is 6.42 Å². The summed E-state index contributed by atoms with van der Waals surface area (Å²) in [7, 11) is -8.35. The van der Waals surface area contributed by atoms with Gasteiger partial charge in [0.2, 0.25) is 0 Å². The summed E-state index contributed by atoms with van der Waals surface area (Å²) in [6, 6.07) is 0. The Hall–Kier alpha value is -1.01. The average molecular weight is 360 g/mol. The van der Waals surface area contributed by atoms with Crippen LogP contribution < -0.4 is 0 Å². The molecule has 0 unspecified atom stereocenters. The lowest BCUT2D eigenvalue weighted by molar-refractivity contribution is 0.381. The van der Waals surface area contributed by atoms with E-state index in [1.54, 1.807) is 0 Å². The monoisotopic (exact) mass is 360 g/mol. The summed E-state index contributed by atoms with van der Waals surface area (Å²) in [6.07, 6.45) is 9.49. The Morgan fingerprint density at radius 1 is 1.00 bits per heavy atom. The third-order valence-corrected chi connectivity index (χ3v) is 2.89. The number of unbranched alkanes of at least 4 members (excludes halogenated alkanes) is 2. The van der Waals surface area contributed by atoms with Crippen molar-refractivity contribution < 1.29 is 30.5 Å². The molecule has 3 N–H and O–H groups in total. The summed E-state index contributed by atoms with van der Waals surface area (Å²) in [4.78, 5) is 3.94. The van der Waals surface area contributed by atoms with Gasteiger partial charge in [-0.2, -0.15) is 16.8 Å². The van der Waals surface area contributed by atoms with E-state index in [0.717, 1.165) is 13.0 Å². The highest BCUT2D eigenvalue weighted by Crippen LogP contribution is 1.92. The standard InChI is InChI=1S/C7H12N2.C4H10O3S.H2O4S/c1-2-3-5-9-6-4-8-7-9;1-2-3-4-8(5,6)7;1-5(2,3)4/h4,6-7H,2-3,5H2,1H3;2-4H2,1H3,(H,5,6,7);(H2,1,2,3,4). The quantitative estimate of drug-likeness (QED) is 0.649. The Morgan fingerprint density at radius 3 is 1.77 bits per heavy atom. The van der Waals surface area contributed by atoms with Crippen molar-refractivity contribution in [2.75, 3.05) is 5.75 Å². The molecule has 0 bridgehead atoms. The molecule has 0 amide bonds. The second-order valence-electron chi connectivity index (χ2n) is 4.24. The van der Waals surface area contributed by atoms with Crippen molar-refractivity contribution in [1.29, 1.82) is 0 Å². The first kappa shape index (κ1) is 23.3. The summed E-state index contributed by atoms with van der Waals surface area (Å²) < 4.78 is 61.7. The molecule has 1 heterocycles. The fourth-order valence-corrected chi connectivity index (χ4v) is 1.74. The van der Waals surface area contributed by atoms with Gasteiger partial charge in [0.05, 0.1) is 12.1 Å². The van der Waals surface area contributed by atoms with E-state index in [4.69, 9.17) is 22.1 Å². The maximum absolute atomic E-state index is 9.95. The Bertz CT molecular complexity index is 545. The normalized spacial score (nSPS) is 11.0. The first-order chi connectivity index (χ1) is 9.99. The van der Waals surface area contributed by atoms with Crippen LogP contribution in [0.1, 0.15) is 39.5 Å². The second kappa shape index (κ2) is 12.5. The average Bonchev–Trinajstić information content (AvgIpc) is 2.85. The van der Waals surface area contributed by atoms with E-state index in [1.165, 1.54) is 12.8 Å². The number of nitrogens with zero attached hydrogens (tertiary/aromatic N) is 2. The molecular weight excluding hydrogens is 336 g/mol. The van der Waals surface area contributed by atoms with Crippen molar-refractivity contribution in [3.05, 3.63) is 18.7 Å². The smallest absolute Gasteiger partial charge is 0.337 e. The number of imidazole rings is 1. The largest absolute Gasteiger partial charge is 0.394 e. The van der Waals surface area contributed by atoms with E-state index in [-0.39, 0.29) is 5.75 Å². The molecule has 1 aromatic rings. The minimum absolute atomic E-state index is 0.108. The van der Waals surface area contributed by atoms with Crippen LogP contribution in [0.2, 0.25) is 0 Å². The molecule has 0 fully saturated rings. The van der Waals surface area contributed by atoms with E-state index in [2.05, 4.69) is 16.5 Å². The van der Waals surface area contributed by atoms with Crippen molar-refractivity contribution in [1.82, 2.24) is 9.55 Å². The van der Waals surface area contributed by atoms with Gasteiger partial charge in [0.15, 0.2) is 0 Å². The minimum Gasteiger partial charge on any atom is -0.337 e. The van der Waals surface area contributed by atoms with Crippen molar-refractivity contribution in [2.24, 2.45) is 0 Å². The van der Waals surface area contributed by atoms with E-state index in [9.17, 15) is 8.42 Å². The molecule has 11 heteroatoms. The summed E-state index contributed by atoms with van der Waals surface area (Å²) in [5, 5.41) is 0. The topological polar surface area (TPSA) is 147 Å². The minimum atomic E-state index is -4.67. The van der Waals surface area contributed by atoms with Crippen LogP contribution in [0.5, 0.6) is 0 Å². The molecule has 0 saturated heterocycles. The van der Waals surface area contributed by atoms with Crippen LogP contribution in [0, 0.1) is 0 Å². The highest BCUT2D eigenvalue weighted by molar-refractivity contribution is 7.85. The summed E-state index contributed by atoms with van der Waals surface area (Å²) >= 11 is 0. The fraction of sp³-hybridized carbons (Fsp3) is 0.727.